The number of hydrogen-bond donors (Lipinski definition) is 3. The fourth-order valence-corrected chi connectivity index (χ4v) is 1.66. The number of carboxylic acids is 1. The molecule has 0 radical (unpaired) electrons. The molecule has 110 valence electrons. The predicted octanol–water partition coefficient (Wildman–Crippen LogP) is 1.67. The summed E-state index contributed by atoms with van der Waals surface area (Å²) in [5.41, 5.74) is 1.97. The van der Waals surface area contributed by atoms with Crippen LogP contribution in [0.1, 0.15) is 24.0 Å². The summed E-state index contributed by atoms with van der Waals surface area (Å²) in [6, 6.07) is 5.42. The van der Waals surface area contributed by atoms with E-state index in [1.165, 1.54) is 0 Å². The summed E-state index contributed by atoms with van der Waals surface area (Å²) in [5, 5.41) is 13.8. The van der Waals surface area contributed by atoms with Gasteiger partial charge < -0.3 is 20.5 Å². The molecule has 1 aromatic rings. The van der Waals surface area contributed by atoms with Crippen molar-refractivity contribution in [3.63, 3.8) is 0 Å². The van der Waals surface area contributed by atoms with Crippen LogP contribution in [0, 0.1) is 6.92 Å². The van der Waals surface area contributed by atoms with Gasteiger partial charge in [-0.25, -0.2) is 4.79 Å². The van der Waals surface area contributed by atoms with Crippen molar-refractivity contribution in [3.8, 4) is 5.75 Å². The van der Waals surface area contributed by atoms with Crippen molar-refractivity contribution in [2.75, 3.05) is 13.7 Å². The monoisotopic (exact) mass is 280 g/mol. The maximum absolute atomic E-state index is 11.5. The van der Waals surface area contributed by atoms with E-state index in [4.69, 9.17) is 9.84 Å². The number of amides is 2. The van der Waals surface area contributed by atoms with Gasteiger partial charge in [-0.1, -0.05) is 12.1 Å². The molecule has 0 spiro atoms. The van der Waals surface area contributed by atoms with Crippen LogP contribution >= 0.6 is 0 Å². The number of urea groups is 1. The number of ether oxygens (including phenoxy) is 1. The van der Waals surface area contributed by atoms with Crippen molar-refractivity contribution in [2.24, 2.45) is 0 Å². The first-order valence-corrected chi connectivity index (χ1v) is 6.40. The lowest BCUT2D eigenvalue weighted by atomic mass is 10.1. The Bertz CT molecular complexity index is 474. The lowest BCUT2D eigenvalue weighted by molar-refractivity contribution is -0.137. The van der Waals surface area contributed by atoms with E-state index in [2.05, 4.69) is 10.6 Å². The summed E-state index contributed by atoms with van der Waals surface area (Å²) in [6.45, 7) is 2.68. The molecule has 0 aliphatic carbocycles. The molecule has 6 heteroatoms. The Kier molecular flexibility index (Phi) is 6.36. The van der Waals surface area contributed by atoms with Gasteiger partial charge in [0.1, 0.15) is 5.75 Å². The molecule has 0 bridgehead atoms. The Morgan fingerprint density at radius 2 is 2.05 bits per heavy atom. The zero-order valence-electron chi connectivity index (χ0n) is 11.7. The largest absolute Gasteiger partial charge is 0.496 e. The van der Waals surface area contributed by atoms with E-state index in [0.29, 0.717) is 19.5 Å². The van der Waals surface area contributed by atoms with Crippen molar-refractivity contribution in [3.05, 3.63) is 29.3 Å². The molecule has 6 nitrogen and oxygen atoms in total. The number of carbonyl (C=O) groups excluding carboxylic acids is 1. The number of carboxylic acid groups (broad SMARTS) is 1. The molecule has 0 atom stereocenters. The molecular formula is C14H20N2O4. The second-order valence-corrected chi connectivity index (χ2v) is 4.41. The molecule has 20 heavy (non-hydrogen) atoms. The van der Waals surface area contributed by atoms with E-state index in [1.54, 1.807) is 7.11 Å². The smallest absolute Gasteiger partial charge is 0.315 e. The Morgan fingerprint density at radius 3 is 2.70 bits per heavy atom. The number of benzene rings is 1. The van der Waals surface area contributed by atoms with Gasteiger partial charge in [-0.2, -0.15) is 0 Å². The van der Waals surface area contributed by atoms with E-state index >= 15 is 0 Å². The topological polar surface area (TPSA) is 87.7 Å². The maximum atomic E-state index is 11.5. The molecule has 1 rings (SSSR count). The number of aliphatic carboxylic acids is 1. The van der Waals surface area contributed by atoms with Gasteiger partial charge in [-0.05, 0) is 30.5 Å². The van der Waals surface area contributed by atoms with Gasteiger partial charge in [0, 0.05) is 19.5 Å². The van der Waals surface area contributed by atoms with Gasteiger partial charge in [-0.3, -0.25) is 4.79 Å². The number of aryl methyl sites for hydroxylation is 1. The van der Waals surface area contributed by atoms with Gasteiger partial charge in [0.15, 0.2) is 0 Å². The number of hydrogen-bond acceptors (Lipinski definition) is 3. The van der Waals surface area contributed by atoms with Crippen molar-refractivity contribution in [2.45, 2.75) is 26.3 Å². The van der Waals surface area contributed by atoms with E-state index < -0.39 is 5.97 Å². The fourth-order valence-electron chi connectivity index (χ4n) is 1.66. The molecule has 0 aromatic heterocycles. The third-order valence-corrected chi connectivity index (χ3v) is 2.78. The van der Waals surface area contributed by atoms with E-state index in [1.807, 2.05) is 25.1 Å². The van der Waals surface area contributed by atoms with Crippen LogP contribution in [0.5, 0.6) is 5.75 Å². The van der Waals surface area contributed by atoms with Crippen molar-refractivity contribution >= 4 is 12.0 Å². The average Bonchev–Trinajstić information content (AvgIpc) is 2.42. The molecule has 0 saturated carbocycles. The summed E-state index contributed by atoms with van der Waals surface area (Å²) in [5.74, 6) is -0.0786. The van der Waals surface area contributed by atoms with Crippen LogP contribution in [0.15, 0.2) is 18.2 Å². The average molecular weight is 280 g/mol. The molecule has 0 fully saturated rings. The summed E-state index contributed by atoms with van der Waals surface area (Å²) < 4.78 is 5.21. The first-order valence-electron chi connectivity index (χ1n) is 6.40. The number of carbonyl (C=O) groups is 2. The van der Waals surface area contributed by atoms with Gasteiger partial charge in [-0.15, -0.1) is 0 Å². The Hall–Kier alpha value is -2.24. The van der Waals surface area contributed by atoms with Crippen LogP contribution in [0.4, 0.5) is 4.79 Å². The molecule has 0 heterocycles. The molecule has 0 aliphatic rings. The minimum absolute atomic E-state index is 0.0510. The van der Waals surface area contributed by atoms with Gasteiger partial charge >= 0.3 is 12.0 Å². The van der Waals surface area contributed by atoms with Crippen LogP contribution in [0.2, 0.25) is 0 Å². The third-order valence-electron chi connectivity index (χ3n) is 2.78. The molecule has 2 amide bonds. The van der Waals surface area contributed by atoms with Crippen molar-refractivity contribution in [1.82, 2.24) is 10.6 Å². The predicted molar refractivity (Wildman–Crippen MR) is 74.8 cm³/mol. The quantitative estimate of drug-likeness (QED) is 0.663. The summed E-state index contributed by atoms with van der Waals surface area (Å²) >= 11 is 0. The molecule has 1 aromatic carbocycles. The Balaban J connectivity index is 2.32. The normalized spacial score (nSPS) is 9.90. The lowest BCUT2D eigenvalue weighted by Gasteiger charge is -2.09. The molecule has 0 aliphatic heterocycles. The highest BCUT2D eigenvalue weighted by Gasteiger charge is 2.03. The Labute approximate surface area is 118 Å². The van der Waals surface area contributed by atoms with E-state index in [-0.39, 0.29) is 12.5 Å². The first kappa shape index (κ1) is 15.8. The summed E-state index contributed by atoms with van der Waals surface area (Å²) in [7, 11) is 1.61. The first-order chi connectivity index (χ1) is 9.52. The highest BCUT2D eigenvalue weighted by molar-refractivity contribution is 5.74. The fraction of sp³-hybridized carbons (Fsp3) is 0.429. The van der Waals surface area contributed by atoms with Gasteiger partial charge in [0.25, 0.3) is 0 Å². The van der Waals surface area contributed by atoms with Gasteiger partial charge in [0.05, 0.1) is 7.11 Å². The molecule has 0 unspecified atom stereocenters. The zero-order valence-corrected chi connectivity index (χ0v) is 11.7. The second-order valence-electron chi connectivity index (χ2n) is 4.41. The molecule has 3 N–H and O–H groups in total. The van der Waals surface area contributed by atoms with Crippen molar-refractivity contribution in [1.29, 1.82) is 0 Å². The van der Waals surface area contributed by atoms with Crippen LogP contribution < -0.4 is 15.4 Å². The summed E-state index contributed by atoms with van der Waals surface area (Å²) in [4.78, 5) is 21.8. The maximum Gasteiger partial charge on any atom is 0.315 e. The highest BCUT2D eigenvalue weighted by atomic mass is 16.5. The number of nitrogens with one attached hydrogen (secondary N) is 2. The van der Waals surface area contributed by atoms with E-state index in [9.17, 15) is 9.59 Å². The van der Waals surface area contributed by atoms with Crippen LogP contribution in [0.3, 0.4) is 0 Å². The summed E-state index contributed by atoms with van der Waals surface area (Å²) in [6.07, 6.45) is 0.469. The minimum atomic E-state index is -0.862. The number of methoxy groups -OCH3 is 1. The number of rotatable bonds is 7. The zero-order chi connectivity index (χ0) is 15.0. The minimum Gasteiger partial charge on any atom is -0.496 e. The van der Waals surface area contributed by atoms with E-state index in [0.717, 1.165) is 16.9 Å². The molecular weight excluding hydrogens is 260 g/mol. The van der Waals surface area contributed by atoms with Crippen LogP contribution in [-0.2, 0) is 11.3 Å². The van der Waals surface area contributed by atoms with Gasteiger partial charge in [0.2, 0.25) is 0 Å². The van der Waals surface area contributed by atoms with Crippen LogP contribution in [0.25, 0.3) is 0 Å². The Morgan fingerprint density at radius 1 is 1.30 bits per heavy atom. The van der Waals surface area contributed by atoms with Crippen LogP contribution in [-0.4, -0.2) is 30.8 Å². The highest BCUT2D eigenvalue weighted by Crippen LogP contribution is 2.18. The third kappa shape index (κ3) is 5.60. The lowest BCUT2D eigenvalue weighted by Crippen LogP contribution is -2.35. The molecule has 0 saturated heterocycles. The standard InChI is InChI=1S/C14H20N2O4/c1-10-5-6-11(8-12(10)20-2)9-16-14(19)15-7-3-4-13(17)18/h5-6,8H,3-4,7,9H2,1-2H3,(H,17,18)(H2,15,16,19). The second kappa shape index (κ2) is 8.04. The SMILES string of the molecule is COc1cc(CNC(=O)NCCCC(=O)O)ccc1C. The van der Waals surface area contributed by atoms with Crippen molar-refractivity contribution < 1.29 is 19.4 Å².